The first-order chi connectivity index (χ1) is 14.7. The normalized spacial score (nSPS) is 9.09. The van der Waals surface area contributed by atoms with E-state index in [0.717, 1.165) is 21.5 Å². The molecular formula is C26H23Cl2NO2Ti. The van der Waals surface area contributed by atoms with Crippen LogP contribution < -0.4 is 0 Å². The Morgan fingerprint density at radius 2 is 1.06 bits per heavy atom. The van der Waals surface area contributed by atoms with E-state index >= 15 is 0 Å². The summed E-state index contributed by atoms with van der Waals surface area (Å²) in [5.74, 6) is 0.700. The zero-order valence-electron chi connectivity index (χ0n) is 17.1. The summed E-state index contributed by atoms with van der Waals surface area (Å²) in [6, 6.07) is 30.5. The number of hydrogen-bond acceptors (Lipinski definition) is 3. The van der Waals surface area contributed by atoms with Crippen LogP contribution in [0.25, 0.3) is 21.5 Å². The van der Waals surface area contributed by atoms with Crippen molar-refractivity contribution in [3.8, 4) is 11.5 Å². The van der Waals surface area contributed by atoms with Crippen molar-refractivity contribution in [1.82, 2.24) is 4.98 Å². The molecule has 2 N–H and O–H groups in total. The van der Waals surface area contributed by atoms with E-state index in [4.69, 9.17) is 0 Å². The summed E-state index contributed by atoms with van der Waals surface area (Å²) in [5, 5.41) is 22.7. The van der Waals surface area contributed by atoms with Crippen molar-refractivity contribution < 1.29 is 30.2 Å². The molecule has 162 valence electrons. The van der Waals surface area contributed by atoms with Crippen molar-refractivity contribution in [2.45, 2.75) is 0 Å². The number of rotatable bonds is 1. The Labute approximate surface area is 211 Å². The molecule has 0 saturated heterocycles. The summed E-state index contributed by atoms with van der Waals surface area (Å²) in [5.41, 5.74) is 1.17. The average Bonchev–Trinajstić information content (AvgIpc) is 2.81. The molecule has 3 nitrogen and oxygen atoms in total. The van der Waals surface area contributed by atoms with Crippen LogP contribution in [-0.4, -0.2) is 19.5 Å². The molecule has 5 aromatic rings. The van der Waals surface area contributed by atoms with Crippen LogP contribution >= 0.6 is 24.8 Å². The third kappa shape index (κ3) is 7.78. The van der Waals surface area contributed by atoms with E-state index in [1.165, 1.54) is 5.56 Å². The van der Waals surface area contributed by atoms with Crippen LogP contribution in [-0.2, 0) is 20.0 Å². The molecule has 0 bridgehead atoms. The van der Waals surface area contributed by atoms with Gasteiger partial charge in [0.1, 0.15) is 11.5 Å². The molecular weight excluding hydrogens is 477 g/mol. The number of fused-ring (bicyclic) bond motifs is 2. The Hall–Kier alpha value is -2.69. The van der Waals surface area contributed by atoms with Crippen molar-refractivity contribution in [3.63, 3.8) is 0 Å². The number of nitrogens with zero attached hydrogens (tertiary/aromatic N) is 1. The maximum absolute atomic E-state index is 9.37. The van der Waals surface area contributed by atoms with E-state index in [0.29, 0.717) is 11.5 Å². The predicted molar refractivity (Wildman–Crippen MR) is 135 cm³/mol. The number of halogens is 2. The standard InChI is InChI=1S/2C10H8O.C6H5N.2ClH.Ti/c2*11-10-7-3-5-8-4-1-2-6-9(8)10;1-6-3-2-4-7-5-6;;;/h2*1-7,11H;1-5H;2*1H;. The fourth-order valence-electron chi connectivity index (χ4n) is 2.88. The van der Waals surface area contributed by atoms with Crippen LogP contribution in [0.5, 0.6) is 11.5 Å². The molecule has 0 aliphatic heterocycles. The average molecular weight is 500 g/mol. The van der Waals surface area contributed by atoms with Crippen LogP contribution in [0.15, 0.2) is 109 Å². The van der Waals surface area contributed by atoms with E-state index in [2.05, 4.69) is 4.98 Å². The van der Waals surface area contributed by atoms with Crippen LogP contribution in [0.4, 0.5) is 0 Å². The Bertz CT molecular complexity index is 1160. The molecule has 0 aliphatic carbocycles. The molecule has 0 radical (unpaired) electrons. The van der Waals surface area contributed by atoms with Gasteiger partial charge in [-0.2, -0.15) is 0 Å². The molecule has 32 heavy (non-hydrogen) atoms. The first-order valence-electron chi connectivity index (χ1n) is 9.43. The number of hydrogen-bond donors (Lipinski definition) is 2. The van der Waals surface area contributed by atoms with Gasteiger partial charge in [0.25, 0.3) is 0 Å². The van der Waals surface area contributed by atoms with E-state index in [1.807, 2.05) is 115 Å². The van der Waals surface area contributed by atoms with Gasteiger partial charge in [-0.25, -0.2) is 0 Å². The van der Waals surface area contributed by atoms with Crippen molar-refractivity contribution in [1.29, 1.82) is 0 Å². The van der Waals surface area contributed by atoms with Gasteiger partial charge in [-0.05, 0) is 22.9 Å². The molecule has 0 amide bonds. The van der Waals surface area contributed by atoms with Gasteiger partial charge in [0.15, 0.2) is 0 Å². The second kappa shape index (κ2) is 14.4. The Balaban J connectivity index is 0.000000236. The van der Waals surface area contributed by atoms with Gasteiger partial charge in [-0.15, -0.1) is 24.8 Å². The van der Waals surface area contributed by atoms with Crippen molar-refractivity contribution in [3.05, 3.63) is 115 Å². The summed E-state index contributed by atoms with van der Waals surface area (Å²) in [6.07, 6.45) is 3.60. The molecule has 1 heterocycles. The van der Waals surface area contributed by atoms with E-state index in [1.54, 1.807) is 18.3 Å². The fraction of sp³-hybridized carbons (Fsp3) is 0. The number of pyridine rings is 1. The summed E-state index contributed by atoms with van der Waals surface area (Å²) in [4.78, 5) is 3.92. The topological polar surface area (TPSA) is 53.4 Å². The number of benzene rings is 4. The molecule has 6 heteroatoms. The number of aromatic hydroxyl groups is 2. The Kier molecular flexibility index (Phi) is 12.3. The van der Waals surface area contributed by atoms with E-state index in [-0.39, 0.29) is 24.8 Å². The van der Waals surface area contributed by atoms with Crippen LogP contribution in [0.3, 0.4) is 0 Å². The van der Waals surface area contributed by atoms with Gasteiger partial charge < -0.3 is 10.2 Å². The molecule has 0 unspecified atom stereocenters. The van der Waals surface area contributed by atoms with Gasteiger partial charge in [-0.1, -0.05) is 72.8 Å². The quantitative estimate of drug-likeness (QED) is 0.252. The minimum atomic E-state index is 0. The molecule has 1 aromatic heterocycles. The van der Waals surface area contributed by atoms with Crippen molar-refractivity contribution >= 4 is 50.7 Å². The van der Waals surface area contributed by atoms with Gasteiger partial charge in [0, 0.05) is 10.8 Å². The molecule has 0 aliphatic rings. The van der Waals surface area contributed by atoms with Crippen LogP contribution in [0, 0.1) is 0 Å². The van der Waals surface area contributed by atoms with Crippen LogP contribution in [0.1, 0.15) is 5.56 Å². The van der Waals surface area contributed by atoms with Gasteiger partial charge in [0.05, 0.1) is 0 Å². The van der Waals surface area contributed by atoms with Crippen molar-refractivity contribution in [2.75, 3.05) is 0 Å². The molecule has 0 saturated carbocycles. The molecule has 0 spiro atoms. The Morgan fingerprint density at radius 1 is 0.594 bits per heavy atom. The van der Waals surface area contributed by atoms with Gasteiger partial charge in [-0.3, -0.25) is 0 Å². The van der Waals surface area contributed by atoms with E-state index in [9.17, 15) is 10.2 Å². The monoisotopic (exact) mass is 499 g/mol. The molecule has 4 aromatic carbocycles. The number of phenolic OH excluding ortho intramolecular Hbond substituents is 2. The first-order valence-corrected chi connectivity index (χ1v) is 10.3. The Morgan fingerprint density at radius 3 is 1.44 bits per heavy atom. The summed E-state index contributed by atoms with van der Waals surface area (Å²) >= 11 is 2.00. The van der Waals surface area contributed by atoms with Gasteiger partial charge in [0.2, 0.25) is 0 Å². The second-order valence-corrected chi connectivity index (χ2v) is 6.88. The first kappa shape index (κ1) is 27.3. The number of aromatic nitrogens is 1. The molecule has 0 atom stereocenters. The second-order valence-electron chi connectivity index (χ2n) is 6.43. The predicted octanol–water partition coefficient (Wildman–Crippen LogP) is 6.71. The minimum absolute atomic E-state index is 0. The van der Waals surface area contributed by atoms with Gasteiger partial charge >= 0.3 is 59.4 Å². The summed E-state index contributed by atoms with van der Waals surface area (Å²) in [7, 11) is 0. The van der Waals surface area contributed by atoms with E-state index < -0.39 is 0 Å². The zero-order chi connectivity index (χ0) is 21.2. The van der Waals surface area contributed by atoms with Crippen molar-refractivity contribution in [2.24, 2.45) is 0 Å². The summed E-state index contributed by atoms with van der Waals surface area (Å²) < 4.78 is 2.02. The third-order valence-corrected chi connectivity index (χ3v) is 4.90. The number of phenols is 2. The SMILES string of the molecule is Cl.Cl.Oc1cccc2ccccc12.Oc1cccc2ccccc12.[Ti]=[CH]c1cccnc1. The molecule has 5 rings (SSSR count). The molecule has 0 fully saturated rings. The zero-order valence-corrected chi connectivity index (χ0v) is 20.3. The fourth-order valence-corrected chi connectivity index (χ4v) is 3.14. The summed E-state index contributed by atoms with van der Waals surface area (Å²) in [6.45, 7) is 0. The maximum atomic E-state index is 9.37. The van der Waals surface area contributed by atoms with Crippen LogP contribution in [0.2, 0.25) is 0 Å². The third-order valence-electron chi connectivity index (χ3n) is 4.38.